The van der Waals surface area contributed by atoms with E-state index < -0.39 is 17.2 Å². The van der Waals surface area contributed by atoms with Crippen LogP contribution in [0.5, 0.6) is 0 Å². The summed E-state index contributed by atoms with van der Waals surface area (Å²) in [6, 6.07) is 16.8. The van der Waals surface area contributed by atoms with E-state index in [0.717, 1.165) is 15.6 Å². The predicted octanol–water partition coefficient (Wildman–Crippen LogP) is 4.73. The number of nitrogens with one attached hydrogen (secondary N) is 1. The molecule has 34 heavy (non-hydrogen) atoms. The molecule has 0 aliphatic carbocycles. The molecule has 3 N–H and O–H groups in total. The molecule has 0 aliphatic rings. The number of nitrogens with zero attached hydrogens (tertiary/aromatic N) is 2. The molecule has 0 spiro atoms. The molecule has 2 heterocycles. The van der Waals surface area contributed by atoms with Gasteiger partial charge in [-0.2, -0.15) is 0 Å². The standard InChI is InChI=1S/C25H25ClN4O3S/c1-15(2)12-13-29(24(32)21-19(26)17-10-6-7-11-18(17)34-21)20-22(27)30(25(33)28-23(20)31)14-16-8-4-3-5-9-16/h3-11,15H,12-14,27H2,1-2H3,(H,28,31,33). The lowest BCUT2D eigenvalue weighted by Crippen LogP contribution is -2.42. The number of thiophene rings is 1. The third kappa shape index (κ3) is 4.64. The van der Waals surface area contributed by atoms with Crippen molar-refractivity contribution in [1.29, 1.82) is 0 Å². The molecular weight excluding hydrogens is 472 g/mol. The summed E-state index contributed by atoms with van der Waals surface area (Å²) < 4.78 is 2.14. The molecular formula is C25H25ClN4O3S. The van der Waals surface area contributed by atoms with Crippen molar-refractivity contribution in [2.75, 3.05) is 17.2 Å². The van der Waals surface area contributed by atoms with Gasteiger partial charge in [-0.1, -0.05) is 74.0 Å². The molecule has 4 rings (SSSR count). The minimum absolute atomic E-state index is 0.0466. The summed E-state index contributed by atoms with van der Waals surface area (Å²) in [4.78, 5) is 43.4. The van der Waals surface area contributed by atoms with Crippen molar-refractivity contribution in [2.24, 2.45) is 5.92 Å². The molecule has 7 nitrogen and oxygen atoms in total. The molecule has 0 atom stereocenters. The van der Waals surface area contributed by atoms with Crippen molar-refractivity contribution in [1.82, 2.24) is 9.55 Å². The SMILES string of the molecule is CC(C)CCN(C(=O)c1sc2ccccc2c1Cl)c1c(N)n(Cc2ccccc2)c(=O)[nH]c1=O. The van der Waals surface area contributed by atoms with Crippen LogP contribution in [0, 0.1) is 5.92 Å². The second-order valence-corrected chi connectivity index (χ2v) is 9.88. The van der Waals surface area contributed by atoms with Gasteiger partial charge in [0.05, 0.1) is 11.6 Å². The Labute approximate surface area is 205 Å². The molecule has 2 aromatic heterocycles. The first kappa shape index (κ1) is 23.8. The quantitative estimate of drug-likeness (QED) is 0.386. The second kappa shape index (κ2) is 9.87. The number of aromatic amines is 1. The molecule has 9 heteroatoms. The number of H-pyrrole nitrogens is 1. The number of nitrogens with two attached hydrogens (primary N) is 1. The van der Waals surface area contributed by atoms with Gasteiger partial charge in [0, 0.05) is 16.6 Å². The van der Waals surface area contributed by atoms with Crippen LogP contribution in [-0.2, 0) is 6.54 Å². The monoisotopic (exact) mass is 496 g/mol. The van der Waals surface area contributed by atoms with Gasteiger partial charge in [-0.15, -0.1) is 11.3 Å². The molecule has 0 aliphatic heterocycles. The Hall–Kier alpha value is -3.36. The summed E-state index contributed by atoms with van der Waals surface area (Å²) in [6.45, 7) is 4.46. The highest BCUT2D eigenvalue weighted by atomic mass is 35.5. The number of aromatic nitrogens is 2. The molecule has 1 amide bonds. The number of hydrogen-bond acceptors (Lipinski definition) is 5. The number of amides is 1. The lowest BCUT2D eigenvalue weighted by molar-refractivity contribution is 0.0989. The summed E-state index contributed by atoms with van der Waals surface area (Å²) in [5.74, 6) is -0.218. The van der Waals surface area contributed by atoms with Crippen LogP contribution < -0.4 is 21.9 Å². The van der Waals surface area contributed by atoms with Crippen LogP contribution in [-0.4, -0.2) is 22.0 Å². The third-order valence-electron chi connectivity index (χ3n) is 5.57. The van der Waals surface area contributed by atoms with Gasteiger partial charge in [0.1, 0.15) is 10.7 Å². The largest absolute Gasteiger partial charge is 0.383 e. The van der Waals surface area contributed by atoms with E-state index in [9.17, 15) is 14.4 Å². The van der Waals surface area contributed by atoms with Gasteiger partial charge < -0.3 is 5.73 Å². The molecule has 0 unspecified atom stereocenters. The van der Waals surface area contributed by atoms with Gasteiger partial charge in [-0.25, -0.2) is 4.79 Å². The Morgan fingerprint density at radius 3 is 2.47 bits per heavy atom. The van der Waals surface area contributed by atoms with E-state index in [-0.39, 0.29) is 30.5 Å². The summed E-state index contributed by atoms with van der Waals surface area (Å²) in [5.41, 5.74) is 5.84. The number of halogens is 1. The summed E-state index contributed by atoms with van der Waals surface area (Å²) in [5, 5.41) is 1.12. The molecule has 2 aromatic carbocycles. The number of carbonyl (C=O) groups excluding carboxylic acids is 1. The van der Waals surface area contributed by atoms with Crippen molar-refractivity contribution in [3.63, 3.8) is 0 Å². The minimum Gasteiger partial charge on any atom is -0.383 e. The molecule has 176 valence electrons. The van der Waals surface area contributed by atoms with Crippen molar-refractivity contribution >= 4 is 50.4 Å². The number of anilines is 2. The van der Waals surface area contributed by atoms with Crippen LogP contribution in [0.4, 0.5) is 11.5 Å². The fraction of sp³-hybridized carbons (Fsp3) is 0.240. The maximum atomic E-state index is 13.8. The number of hydrogen-bond donors (Lipinski definition) is 2. The highest BCUT2D eigenvalue weighted by molar-refractivity contribution is 7.21. The number of fused-ring (bicyclic) bond motifs is 1. The fourth-order valence-corrected chi connectivity index (χ4v) is 5.20. The smallest absolute Gasteiger partial charge is 0.330 e. The van der Waals surface area contributed by atoms with Gasteiger partial charge in [0.2, 0.25) is 0 Å². The highest BCUT2D eigenvalue weighted by Crippen LogP contribution is 2.37. The van der Waals surface area contributed by atoms with E-state index in [1.165, 1.54) is 20.8 Å². The van der Waals surface area contributed by atoms with Crippen molar-refractivity contribution in [3.8, 4) is 0 Å². The van der Waals surface area contributed by atoms with Crippen molar-refractivity contribution in [3.05, 3.63) is 90.9 Å². The van der Waals surface area contributed by atoms with E-state index in [2.05, 4.69) is 4.98 Å². The molecule has 0 bridgehead atoms. The van der Waals surface area contributed by atoms with E-state index in [0.29, 0.717) is 16.3 Å². The van der Waals surface area contributed by atoms with Gasteiger partial charge in [-0.05, 0) is 24.0 Å². The molecule has 4 aromatic rings. The Balaban J connectivity index is 1.84. The topological polar surface area (TPSA) is 101 Å². The second-order valence-electron chi connectivity index (χ2n) is 8.45. The average Bonchev–Trinajstić information content (AvgIpc) is 3.15. The van der Waals surface area contributed by atoms with Crippen LogP contribution in [0.15, 0.2) is 64.2 Å². The highest BCUT2D eigenvalue weighted by Gasteiger charge is 2.28. The summed E-state index contributed by atoms with van der Waals surface area (Å²) >= 11 is 7.85. The Bertz CT molecular complexity index is 1460. The average molecular weight is 497 g/mol. The maximum Gasteiger partial charge on any atom is 0.330 e. The first-order valence-electron chi connectivity index (χ1n) is 10.9. The predicted molar refractivity (Wildman–Crippen MR) is 139 cm³/mol. The zero-order valence-electron chi connectivity index (χ0n) is 18.9. The summed E-state index contributed by atoms with van der Waals surface area (Å²) in [6.07, 6.45) is 0.630. The van der Waals surface area contributed by atoms with Crippen LogP contribution in [0.3, 0.4) is 0 Å². The number of nitrogen functional groups attached to an aromatic ring is 1. The van der Waals surface area contributed by atoms with Crippen LogP contribution >= 0.6 is 22.9 Å². The summed E-state index contributed by atoms with van der Waals surface area (Å²) in [7, 11) is 0. The molecule has 0 fully saturated rings. The molecule has 0 saturated carbocycles. The van der Waals surface area contributed by atoms with Gasteiger partial charge in [0.25, 0.3) is 11.5 Å². The number of benzene rings is 2. The zero-order valence-corrected chi connectivity index (χ0v) is 20.4. The normalized spacial score (nSPS) is 11.3. The molecule has 0 radical (unpaired) electrons. The van der Waals surface area contributed by atoms with Gasteiger partial charge in [0.15, 0.2) is 5.69 Å². The fourth-order valence-electron chi connectivity index (χ4n) is 3.74. The van der Waals surface area contributed by atoms with Crippen LogP contribution in [0.25, 0.3) is 10.1 Å². The minimum atomic E-state index is -0.707. The van der Waals surface area contributed by atoms with Gasteiger partial charge in [-0.3, -0.25) is 24.0 Å². The zero-order chi connectivity index (χ0) is 24.4. The van der Waals surface area contributed by atoms with Crippen LogP contribution in [0.1, 0.15) is 35.5 Å². The van der Waals surface area contributed by atoms with Crippen molar-refractivity contribution < 1.29 is 4.79 Å². The number of rotatable bonds is 7. The van der Waals surface area contributed by atoms with E-state index >= 15 is 0 Å². The van der Waals surface area contributed by atoms with E-state index in [1.807, 2.05) is 68.4 Å². The number of carbonyl (C=O) groups is 1. The van der Waals surface area contributed by atoms with E-state index in [1.54, 1.807) is 0 Å². The lowest BCUT2D eigenvalue weighted by atomic mass is 10.1. The van der Waals surface area contributed by atoms with E-state index in [4.69, 9.17) is 17.3 Å². The Kier molecular flexibility index (Phi) is 6.90. The van der Waals surface area contributed by atoms with Gasteiger partial charge >= 0.3 is 5.69 Å². The first-order chi connectivity index (χ1) is 16.3. The molecule has 0 saturated heterocycles. The third-order valence-corrected chi connectivity index (χ3v) is 7.24. The lowest BCUT2D eigenvalue weighted by Gasteiger charge is -2.25. The van der Waals surface area contributed by atoms with Crippen LogP contribution in [0.2, 0.25) is 5.02 Å². The first-order valence-corrected chi connectivity index (χ1v) is 12.1. The maximum absolute atomic E-state index is 13.8. The Morgan fingerprint density at radius 2 is 1.79 bits per heavy atom. The van der Waals surface area contributed by atoms with Crippen molar-refractivity contribution in [2.45, 2.75) is 26.8 Å². The Morgan fingerprint density at radius 1 is 1.12 bits per heavy atom.